The van der Waals surface area contributed by atoms with Gasteiger partial charge in [0.15, 0.2) is 0 Å². The first kappa shape index (κ1) is 14.4. The number of carbonyl (C=O) groups excluding carboxylic acids is 1. The number of ether oxygens (including phenoxy) is 1. The highest BCUT2D eigenvalue weighted by molar-refractivity contribution is 8.14. The lowest BCUT2D eigenvalue weighted by Crippen LogP contribution is -2.27. The van der Waals surface area contributed by atoms with E-state index in [2.05, 4.69) is 0 Å². The van der Waals surface area contributed by atoms with Crippen molar-refractivity contribution in [2.75, 3.05) is 18.6 Å². The molecule has 0 saturated carbocycles. The van der Waals surface area contributed by atoms with Gasteiger partial charge in [-0.3, -0.25) is 4.79 Å². The Balaban J connectivity index is 2.36. The highest BCUT2D eigenvalue weighted by Gasteiger charge is 2.38. The van der Waals surface area contributed by atoms with Crippen molar-refractivity contribution in [1.82, 2.24) is 0 Å². The molecule has 1 saturated heterocycles. The molecule has 1 heterocycles. The summed E-state index contributed by atoms with van der Waals surface area (Å²) in [4.78, 5) is 13.2. The third-order valence-corrected chi connectivity index (χ3v) is 5.02. The summed E-state index contributed by atoms with van der Waals surface area (Å²) in [6.45, 7) is 0.0165. The number of hydrogen-bond acceptors (Lipinski definition) is 4. The van der Waals surface area contributed by atoms with Gasteiger partial charge in [-0.05, 0) is 12.1 Å². The van der Waals surface area contributed by atoms with Crippen LogP contribution in [0.2, 0.25) is 5.02 Å². The van der Waals surface area contributed by atoms with E-state index in [1.807, 2.05) is 0 Å². The number of halogens is 2. The Labute approximate surface area is 120 Å². The molecular weight excluding hydrogens is 313 g/mol. The summed E-state index contributed by atoms with van der Waals surface area (Å²) in [5.41, 5.74) is 0.486. The standard InChI is InChI=1S/C11H11Cl2NO4S/c1-18-10-4-7(12)2-3-9(10)14-6-8(5-11(14)15)19(13,16)17/h2-4,8H,5-6H2,1H3. The van der Waals surface area contributed by atoms with Crippen LogP contribution in [0.3, 0.4) is 0 Å². The van der Waals surface area contributed by atoms with Crippen LogP contribution in [0.15, 0.2) is 18.2 Å². The highest BCUT2D eigenvalue weighted by atomic mass is 35.7. The van der Waals surface area contributed by atoms with Crippen LogP contribution in [-0.2, 0) is 13.8 Å². The van der Waals surface area contributed by atoms with Crippen molar-refractivity contribution < 1.29 is 17.9 Å². The van der Waals surface area contributed by atoms with E-state index >= 15 is 0 Å². The average molecular weight is 324 g/mol. The summed E-state index contributed by atoms with van der Waals surface area (Å²) in [5.74, 6) is 0.100. The average Bonchev–Trinajstić information content (AvgIpc) is 2.71. The molecule has 1 amide bonds. The highest BCUT2D eigenvalue weighted by Crippen LogP contribution is 2.35. The number of carbonyl (C=O) groups is 1. The zero-order chi connectivity index (χ0) is 14.2. The molecule has 8 heteroatoms. The molecule has 5 nitrogen and oxygen atoms in total. The van der Waals surface area contributed by atoms with E-state index in [0.717, 1.165) is 0 Å². The fraction of sp³-hybridized carbons (Fsp3) is 0.364. The van der Waals surface area contributed by atoms with Crippen molar-refractivity contribution >= 4 is 42.9 Å². The lowest BCUT2D eigenvalue weighted by molar-refractivity contribution is -0.117. The third kappa shape index (κ3) is 2.96. The van der Waals surface area contributed by atoms with Gasteiger partial charge in [-0.2, -0.15) is 0 Å². The van der Waals surface area contributed by atoms with Crippen LogP contribution in [0.25, 0.3) is 0 Å². The van der Waals surface area contributed by atoms with E-state index in [1.54, 1.807) is 18.2 Å². The second kappa shape index (κ2) is 5.19. The normalized spacial score (nSPS) is 19.8. The zero-order valence-electron chi connectivity index (χ0n) is 9.97. The maximum absolute atomic E-state index is 11.9. The summed E-state index contributed by atoms with van der Waals surface area (Å²) in [5, 5.41) is -0.434. The zero-order valence-corrected chi connectivity index (χ0v) is 12.3. The SMILES string of the molecule is COc1cc(Cl)ccc1N1CC(S(=O)(=O)Cl)CC1=O. The quantitative estimate of drug-likeness (QED) is 0.798. The van der Waals surface area contributed by atoms with Crippen molar-refractivity contribution in [3.05, 3.63) is 23.2 Å². The first-order valence-electron chi connectivity index (χ1n) is 5.40. The first-order valence-corrected chi connectivity index (χ1v) is 8.15. The van der Waals surface area contributed by atoms with Crippen molar-refractivity contribution in [1.29, 1.82) is 0 Å². The van der Waals surface area contributed by atoms with Gasteiger partial charge in [-0.25, -0.2) is 8.42 Å². The molecule has 0 bridgehead atoms. The Morgan fingerprint density at radius 1 is 1.42 bits per heavy atom. The van der Waals surface area contributed by atoms with E-state index in [-0.39, 0.29) is 18.9 Å². The second-order valence-corrected chi connectivity index (χ2v) is 7.47. The number of benzene rings is 1. The lowest BCUT2D eigenvalue weighted by atomic mass is 10.2. The van der Waals surface area contributed by atoms with Crippen molar-refractivity contribution in [3.63, 3.8) is 0 Å². The summed E-state index contributed by atoms with van der Waals surface area (Å²) < 4.78 is 27.7. The van der Waals surface area contributed by atoms with E-state index in [9.17, 15) is 13.2 Å². The molecule has 104 valence electrons. The van der Waals surface area contributed by atoms with Crippen molar-refractivity contribution in [2.24, 2.45) is 0 Å². The van der Waals surface area contributed by atoms with Crippen molar-refractivity contribution in [3.8, 4) is 5.75 Å². The van der Waals surface area contributed by atoms with E-state index in [0.29, 0.717) is 16.5 Å². The Bertz CT molecular complexity index is 617. The topological polar surface area (TPSA) is 63.7 Å². The fourth-order valence-electron chi connectivity index (χ4n) is 1.97. The molecule has 19 heavy (non-hydrogen) atoms. The largest absolute Gasteiger partial charge is 0.495 e. The number of hydrogen-bond donors (Lipinski definition) is 0. The molecule has 1 fully saturated rings. The minimum absolute atomic E-state index is 0.0165. The van der Waals surface area contributed by atoms with Gasteiger partial charge in [0.05, 0.1) is 12.8 Å². The van der Waals surface area contributed by atoms with Gasteiger partial charge in [-0.15, -0.1) is 0 Å². The Morgan fingerprint density at radius 3 is 2.63 bits per heavy atom. The maximum atomic E-state index is 11.9. The van der Waals surface area contributed by atoms with Gasteiger partial charge in [0.2, 0.25) is 15.0 Å². The first-order chi connectivity index (χ1) is 8.82. The summed E-state index contributed by atoms with van der Waals surface area (Å²) in [6.07, 6.45) is -0.127. The molecule has 0 spiro atoms. The molecule has 0 N–H and O–H groups in total. The number of amides is 1. The van der Waals surface area contributed by atoms with Gasteiger partial charge >= 0.3 is 0 Å². The number of methoxy groups -OCH3 is 1. The molecular formula is C11H11Cl2NO4S. The molecule has 1 aromatic rings. The molecule has 1 aromatic carbocycles. The van der Waals surface area contributed by atoms with Crippen LogP contribution in [0, 0.1) is 0 Å². The predicted octanol–water partition coefficient (Wildman–Crippen LogP) is 2.02. The lowest BCUT2D eigenvalue weighted by Gasteiger charge is -2.19. The van der Waals surface area contributed by atoms with Crippen LogP contribution in [0.5, 0.6) is 5.75 Å². The van der Waals surface area contributed by atoms with Gasteiger partial charge < -0.3 is 9.64 Å². The molecule has 1 unspecified atom stereocenters. The molecule has 1 atom stereocenters. The summed E-state index contributed by atoms with van der Waals surface area (Å²) >= 11 is 5.84. The van der Waals surface area contributed by atoms with Gasteiger partial charge in [0.1, 0.15) is 11.0 Å². The smallest absolute Gasteiger partial charge is 0.237 e. The molecule has 0 aromatic heterocycles. The van der Waals surface area contributed by atoms with Gasteiger partial charge in [0.25, 0.3) is 0 Å². The number of rotatable bonds is 3. The van der Waals surface area contributed by atoms with Crippen molar-refractivity contribution in [2.45, 2.75) is 11.7 Å². The van der Waals surface area contributed by atoms with E-state index in [1.165, 1.54) is 12.0 Å². The summed E-state index contributed by atoms with van der Waals surface area (Å²) in [7, 11) is 2.99. The molecule has 0 aliphatic carbocycles. The molecule has 2 rings (SSSR count). The molecule has 0 radical (unpaired) electrons. The van der Waals surface area contributed by atoms with Crippen LogP contribution in [0.1, 0.15) is 6.42 Å². The van der Waals surface area contributed by atoms with Gasteiger partial charge in [0, 0.05) is 34.7 Å². The number of anilines is 1. The van der Waals surface area contributed by atoms with Crippen LogP contribution in [-0.4, -0.2) is 33.2 Å². The molecule has 1 aliphatic heterocycles. The fourth-order valence-corrected chi connectivity index (χ4v) is 3.16. The Morgan fingerprint density at radius 2 is 2.11 bits per heavy atom. The Kier molecular flexibility index (Phi) is 3.94. The minimum Gasteiger partial charge on any atom is -0.495 e. The predicted molar refractivity (Wildman–Crippen MR) is 73.5 cm³/mol. The van der Waals surface area contributed by atoms with Gasteiger partial charge in [-0.1, -0.05) is 11.6 Å². The third-order valence-electron chi connectivity index (χ3n) is 2.92. The Hall–Kier alpha value is -0.980. The monoisotopic (exact) mass is 323 g/mol. The van der Waals surface area contributed by atoms with Crippen LogP contribution in [0.4, 0.5) is 5.69 Å². The molecule has 1 aliphatic rings. The second-order valence-electron chi connectivity index (χ2n) is 4.12. The minimum atomic E-state index is -3.76. The maximum Gasteiger partial charge on any atom is 0.237 e. The van der Waals surface area contributed by atoms with E-state index in [4.69, 9.17) is 27.0 Å². The summed E-state index contributed by atoms with van der Waals surface area (Å²) in [6, 6.07) is 4.78. The van der Waals surface area contributed by atoms with Crippen LogP contribution < -0.4 is 9.64 Å². The van der Waals surface area contributed by atoms with Crippen LogP contribution >= 0.6 is 22.3 Å². The van der Waals surface area contributed by atoms with E-state index < -0.39 is 14.3 Å². The number of nitrogens with zero attached hydrogens (tertiary/aromatic N) is 1.